The number of aromatic hydroxyl groups is 1. The van der Waals surface area contributed by atoms with Gasteiger partial charge in [-0.1, -0.05) is 54.1 Å². The van der Waals surface area contributed by atoms with E-state index < -0.39 is 0 Å². The Labute approximate surface area is 151 Å². The molecule has 2 aromatic carbocycles. The van der Waals surface area contributed by atoms with E-state index in [4.69, 9.17) is 0 Å². The topological polar surface area (TPSA) is 23.5 Å². The van der Waals surface area contributed by atoms with Gasteiger partial charge < -0.3 is 10.0 Å². The van der Waals surface area contributed by atoms with Gasteiger partial charge in [-0.2, -0.15) is 0 Å². The average molecular weight is 335 g/mol. The van der Waals surface area contributed by atoms with Gasteiger partial charge in [-0.15, -0.1) is 6.58 Å². The van der Waals surface area contributed by atoms with Crippen molar-refractivity contribution >= 4 is 0 Å². The molecule has 1 aliphatic heterocycles. The number of phenolic OH excluding ortho intramolecular Hbond substituents is 1. The minimum absolute atomic E-state index is 0.201. The standard InChI is InChI=1S/C23H29NO/c1-3-9-20(24-14-7-8-15-24)17-21(19-10-5-4-6-11-19)22-16-18(2)12-13-23(22)25/h3-6,10-13,16,20-21,25H,1,7-9,14-15,17H2,2H3. The molecule has 0 radical (unpaired) electrons. The molecular weight excluding hydrogens is 306 g/mol. The fourth-order valence-corrected chi connectivity index (χ4v) is 4.05. The number of nitrogens with zero attached hydrogens (tertiary/aromatic N) is 1. The molecule has 2 unspecified atom stereocenters. The molecule has 0 aromatic heterocycles. The van der Waals surface area contributed by atoms with Crippen molar-refractivity contribution in [2.75, 3.05) is 13.1 Å². The zero-order valence-corrected chi connectivity index (χ0v) is 15.2. The largest absolute Gasteiger partial charge is 0.508 e. The van der Waals surface area contributed by atoms with E-state index in [1.54, 1.807) is 0 Å². The van der Waals surface area contributed by atoms with Crippen LogP contribution in [0.15, 0.2) is 61.2 Å². The van der Waals surface area contributed by atoms with Crippen molar-refractivity contribution in [1.29, 1.82) is 0 Å². The predicted octanol–water partition coefficient (Wildman–Crippen LogP) is 5.26. The van der Waals surface area contributed by atoms with Crippen LogP contribution >= 0.6 is 0 Å². The van der Waals surface area contributed by atoms with Crippen LogP contribution in [0.1, 0.15) is 48.3 Å². The maximum absolute atomic E-state index is 10.5. The minimum atomic E-state index is 0.201. The summed E-state index contributed by atoms with van der Waals surface area (Å²) in [7, 11) is 0. The van der Waals surface area contributed by atoms with E-state index in [0.29, 0.717) is 11.8 Å². The first-order valence-corrected chi connectivity index (χ1v) is 9.38. The molecule has 2 heteroatoms. The Bertz CT molecular complexity index is 688. The summed E-state index contributed by atoms with van der Waals surface area (Å²) in [6, 6.07) is 17.0. The number of aryl methyl sites for hydroxylation is 1. The van der Waals surface area contributed by atoms with Crippen molar-refractivity contribution in [3.05, 3.63) is 77.9 Å². The fourth-order valence-electron chi connectivity index (χ4n) is 4.05. The third-order valence-corrected chi connectivity index (χ3v) is 5.36. The highest BCUT2D eigenvalue weighted by atomic mass is 16.3. The molecule has 1 heterocycles. The highest BCUT2D eigenvalue weighted by molar-refractivity contribution is 5.43. The van der Waals surface area contributed by atoms with Gasteiger partial charge >= 0.3 is 0 Å². The molecule has 2 nitrogen and oxygen atoms in total. The Kier molecular flexibility index (Phi) is 5.93. The molecule has 2 aromatic rings. The molecule has 0 aliphatic carbocycles. The molecule has 1 saturated heterocycles. The van der Waals surface area contributed by atoms with Crippen molar-refractivity contribution in [1.82, 2.24) is 4.90 Å². The SMILES string of the molecule is C=CCC(CC(c1ccccc1)c1cc(C)ccc1O)N1CCCC1. The van der Waals surface area contributed by atoms with Crippen LogP contribution in [0.5, 0.6) is 5.75 Å². The second-order valence-corrected chi connectivity index (χ2v) is 7.18. The first-order valence-electron chi connectivity index (χ1n) is 9.38. The zero-order chi connectivity index (χ0) is 17.6. The van der Waals surface area contributed by atoms with E-state index in [1.165, 1.54) is 37.1 Å². The smallest absolute Gasteiger partial charge is 0.119 e. The van der Waals surface area contributed by atoms with E-state index in [2.05, 4.69) is 54.8 Å². The number of likely N-dealkylation sites (tertiary alicyclic amines) is 1. The normalized spacial score (nSPS) is 17.3. The van der Waals surface area contributed by atoms with Crippen LogP contribution in [0.3, 0.4) is 0 Å². The molecule has 0 amide bonds. The van der Waals surface area contributed by atoms with Gasteiger partial charge in [-0.05, 0) is 57.3 Å². The van der Waals surface area contributed by atoms with Crippen LogP contribution in [-0.2, 0) is 0 Å². The maximum atomic E-state index is 10.5. The lowest BCUT2D eigenvalue weighted by Crippen LogP contribution is -2.34. The van der Waals surface area contributed by atoms with Crippen LogP contribution in [0.25, 0.3) is 0 Å². The van der Waals surface area contributed by atoms with Gasteiger partial charge in [0.05, 0.1) is 0 Å². The van der Waals surface area contributed by atoms with E-state index >= 15 is 0 Å². The molecule has 0 saturated carbocycles. The van der Waals surface area contributed by atoms with Crippen molar-refractivity contribution in [2.24, 2.45) is 0 Å². The van der Waals surface area contributed by atoms with Crippen LogP contribution in [0.4, 0.5) is 0 Å². The quantitative estimate of drug-likeness (QED) is 0.697. The summed E-state index contributed by atoms with van der Waals surface area (Å²) in [6.07, 6.45) is 6.63. The number of rotatable bonds is 7. The second-order valence-electron chi connectivity index (χ2n) is 7.18. The third-order valence-electron chi connectivity index (χ3n) is 5.36. The van der Waals surface area contributed by atoms with Gasteiger partial charge in [0.15, 0.2) is 0 Å². The lowest BCUT2D eigenvalue weighted by atomic mass is 9.83. The van der Waals surface area contributed by atoms with Crippen LogP contribution in [0, 0.1) is 6.92 Å². The Morgan fingerprint density at radius 3 is 2.52 bits per heavy atom. The average Bonchev–Trinajstić information content (AvgIpc) is 3.16. The number of hydrogen-bond donors (Lipinski definition) is 1. The molecule has 0 bridgehead atoms. The van der Waals surface area contributed by atoms with Gasteiger partial charge in [0.1, 0.15) is 5.75 Å². The lowest BCUT2D eigenvalue weighted by Gasteiger charge is -2.31. The first kappa shape index (κ1) is 17.8. The van der Waals surface area contributed by atoms with Crippen LogP contribution in [0.2, 0.25) is 0 Å². The summed E-state index contributed by atoms with van der Waals surface area (Å²) >= 11 is 0. The van der Waals surface area contributed by atoms with Crippen molar-refractivity contribution < 1.29 is 5.11 Å². The van der Waals surface area contributed by atoms with Crippen molar-refractivity contribution in [2.45, 2.75) is 44.6 Å². The zero-order valence-electron chi connectivity index (χ0n) is 15.2. The molecule has 132 valence electrons. The molecule has 3 rings (SSSR count). The Hall–Kier alpha value is -2.06. The second kappa shape index (κ2) is 8.35. The molecule has 1 aliphatic rings. The number of benzene rings is 2. The summed E-state index contributed by atoms with van der Waals surface area (Å²) in [6.45, 7) is 8.43. The Morgan fingerprint density at radius 1 is 1.12 bits per heavy atom. The monoisotopic (exact) mass is 335 g/mol. The van der Waals surface area contributed by atoms with E-state index in [0.717, 1.165) is 18.4 Å². The molecule has 1 N–H and O–H groups in total. The van der Waals surface area contributed by atoms with Gasteiger partial charge in [0.2, 0.25) is 0 Å². The van der Waals surface area contributed by atoms with Crippen LogP contribution < -0.4 is 0 Å². The van der Waals surface area contributed by atoms with Crippen molar-refractivity contribution in [3.8, 4) is 5.75 Å². The van der Waals surface area contributed by atoms with Gasteiger partial charge in [-0.25, -0.2) is 0 Å². The highest BCUT2D eigenvalue weighted by Gasteiger charge is 2.27. The Morgan fingerprint density at radius 2 is 1.84 bits per heavy atom. The van der Waals surface area contributed by atoms with E-state index in [1.807, 2.05) is 18.2 Å². The van der Waals surface area contributed by atoms with Crippen molar-refractivity contribution in [3.63, 3.8) is 0 Å². The van der Waals surface area contributed by atoms with Crippen LogP contribution in [-0.4, -0.2) is 29.1 Å². The lowest BCUT2D eigenvalue weighted by molar-refractivity contribution is 0.225. The van der Waals surface area contributed by atoms with E-state index in [9.17, 15) is 5.11 Å². The summed E-state index contributed by atoms with van der Waals surface area (Å²) in [5.41, 5.74) is 3.51. The summed E-state index contributed by atoms with van der Waals surface area (Å²) in [4.78, 5) is 2.60. The van der Waals surface area contributed by atoms with Gasteiger partial charge in [0, 0.05) is 17.5 Å². The first-order chi connectivity index (χ1) is 12.2. The maximum Gasteiger partial charge on any atom is 0.119 e. The summed E-state index contributed by atoms with van der Waals surface area (Å²) < 4.78 is 0. The van der Waals surface area contributed by atoms with Gasteiger partial charge in [-0.3, -0.25) is 0 Å². The van der Waals surface area contributed by atoms with Gasteiger partial charge in [0.25, 0.3) is 0 Å². The molecular formula is C23H29NO. The minimum Gasteiger partial charge on any atom is -0.508 e. The predicted molar refractivity (Wildman–Crippen MR) is 105 cm³/mol. The fraction of sp³-hybridized carbons (Fsp3) is 0.391. The summed E-state index contributed by atoms with van der Waals surface area (Å²) in [5.74, 6) is 0.602. The number of phenols is 1. The molecule has 0 spiro atoms. The molecule has 1 fully saturated rings. The number of hydrogen-bond acceptors (Lipinski definition) is 2. The summed E-state index contributed by atoms with van der Waals surface area (Å²) in [5, 5.41) is 10.5. The highest BCUT2D eigenvalue weighted by Crippen LogP contribution is 2.37. The molecule has 25 heavy (non-hydrogen) atoms. The Balaban J connectivity index is 1.95. The molecule has 2 atom stereocenters. The third kappa shape index (κ3) is 4.32. The van der Waals surface area contributed by atoms with E-state index in [-0.39, 0.29) is 5.92 Å².